The van der Waals surface area contributed by atoms with E-state index in [9.17, 15) is 9.90 Å². The molecule has 0 radical (unpaired) electrons. The Balaban J connectivity index is 1.92. The highest BCUT2D eigenvalue weighted by molar-refractivity contribution is 5.66. The Bertz CT molecular complexity index is 773. The molecule has 0 saturated heterocycles. The van der Waals surface area contributed by atoms with Crippen LogP contribution in [0.4, 0.5) is 4.79 Å². The first-order valence-electron chi connectivity index (χ1n) is 11.6. The lowest BCUT2D eigenvalue weighted by atomic mass is 9.61. The van der Waals surface area contributed by atoms with E-state index in [2.05, 4.69) is 0 Å². The maximum absolute atomic E-state index is 11.8. The number of hydrogen-bond donors (Lipinski definition) is 2. The highest BCUT2D eigenvalue weighted by Crippen LogP contribution is 2.51. The zero-order valence-corrected chi connectivity index (χ0v) is 18.4. The SMILES string of the molecule is [2H]C([2H])(Oc1ccc(C(OC(N)=O)(C(C)(C)C)C(C)(C)O)cc1)C12CCC(CC1)CC2. The van der Waals surface area contributed by atoms with Gasteiger partial charge in [0.15, 0.2) is 5.60 Å². The highest BCUT2D eigenvalue weighted by Gasteiger charge is 2.57. The third-order valence-electron chi connectivity index (χ3n) is 6.91. The van der Waals surface area contributed by atoms with Gasteiger partial charge in [0.05, 0.1) is 9.30 Å². The van der Waals surface area contributed by atoms with E-state index in [1.807, 2.05) is 20.8 Å². The van der Waals surface area contributed by atoms with Crippen LogP contribution in [0.15, 0.2) is 24.3 Å². The van der Waals surface area contributed by atoms with Crippen LogP contribution in [-0.4, -0.2) is 23.4 Å². The lowest BCUT2D eigenvalue weighted by Gasteiger charge is -2.51. The number of rotatable bonds is 6. The van der Waals surface area contributed by atoms with Crippen molar-refractivity contribution >= 4 is 6.09 Å². The van der Waals surface area contributed by atoms with Crippen molar-refractivity contribution in [2.24, 2.45) is 22.5 Å². The molecule has 3 saturated carbocycles. The summed E-state index contributed by atoms with van der Waals surface area (Å²) in [5.74, 6) is 1.16. The Morgan fingerprint density at radius 2 is 1.66 bits per heavy atom. The minimum atomic E-state index is -1.76. The van der Waals surface area contributed by atoms with Gasteiger partial charge in [-0.2, -0.15) is 0 Å². The number of nitrogens with two attached hydrogens (primary N) is 1. The van der Waals surface area contributed by atoms with Crippen LogP contribution in [0.5, 0.6) is 5.75 Å². The fourth-order valence-electron chi connectivity index (χ4n) is 5.52. The molecule has 4 rings (SSSR count). The molecular formula is C24H37NO4. The van der Waals surface area contributed by atoms with Crippen molar-refractivity contribution in [1.29, 1.82) is 0 Å². The quantitative estimate of drug-likeness (QED) is 0.686. The van der Waals surface area contributed by atoms with Crippen molar-refractivity contribution in [3.8, 4) is 5.75 Å². The second kappa shape index (κ2) is 7.50. The van der Waals surface area contributed by atoms with Crippen LogP contribution in [0, 0.1) is 16.7 Å². The van der Waals surface area contributed by atoms with Crippen LogP contribution >= 0.6 is 0 Å². The molecule has 0 heterocycles. The van der Waals surface area contributed by atoms with Crippen molar-refractivity contribution in [2.45, 2.75) is 84.3 Å². The first-order valence-corrected chi connectivity index (χ1v) is 10.6. The van der Waals surface area contributed by atoms with Crippen LogP contribution in [0.25, 0.3) is 0 Å². The molecule has 1 aromatic rings. The fraction of sp³-hybridized carbons (Fsp3) is 0.708. The van der Waals surface area contributed by atoms with E-state index >= 15 is 0 Å². The molecule has 3 N–H and O–H groups in total. The summed E-state index contributed by atoms with van der Waals surface area (Å²) in [4.78, 5) is 11.8. The Labute approximate surface area is 177 Å². The second-order valence-corrected chi connectivity index (χ2v) is 10.4. The van der Waals surface area contributed by atoms with Crippen molar-refractivity contribution < 1.29 is 22.1 Å². The molecule has 2 bridgehead atoms. The summed E-state index contributed by atoms with van der Waals surface area (Å²) in [6.07, 6.45) is 4.84. The summed E-state index contributed by atoms with van der Waals surface area (Å²) < 4.78 is 29.0. The van der Waals surface area contributed by atoms with Crippen molar-refractivity contribution in [2.75, 3.05) is 6.56 Å². The van der Waals surface area contributed by atoms with E-state index in [1.54, 1.807) is 38.1 Å². The third kappa shape index (κ3) is 4.11. The van der Waals surface area contributed by atoms with Crippen molar-refractivity contribution in [1.82, 2.24) is 0 Å². The smallest absolute Gasteiger partial charge is 0.405 e. The average molecular weight is 406 g/mol. The highest BCUT2D eigenvalue weighted by atomic mass is 16.6. The Hall–Kier alpha value is -1.75. The summed E-state index contributed by atoms with van der Waals surface area (Å²) >= 11 is 0. The zero-order chi connectivity index (χ0) is 23.3. The molecule has 3 aliphatic carbocycles. The predicted molar refractivity (Wildman–Crippen MR) is 114 cm³/mol. The number of primary amides is 1. The van der Waals surface area contributed by atoms with E-state index in [4.69, 9.17) is 17.9 Å². The molecule has 0 aliphatic heterocycles. The third-order valence-corrected chi connectivity index (χ3v) is 6.91. The maximum Gasteiger partial charge on any atom is 0.405 e. The Morgan fingerprint density at radius 3 is 2.07 bits per heavy atom. The number of carbonyl (C=O) groups is 1. The normalized spacial score (nSPS) is 28.1. The van der Waals surface area contributed by atoms with Gasteiger partial charge in [0.25, 0.3) is 0 Å². The number of fused-ring (bicyclic) bond motifs is 3. The summed E-state index contributed by atoms with van der Waals surface area (Å²) in [5, 5.41) is 11.0. The van der Waals surface area contributed by atoms with Gasteiger partial charge in [-0.05, 0) is 76.0 Å². The summed E-state index contributed by atoms with van der Waals surface area (Å²) in [5.41, 5.74) is 1.99. The van der Waals surface area contributed by atoms with E-state index < -0.39 is 34.7 Å². The minimum Gasteiger partial charge on any atom is -0.493 e. The van der Waals surface area contributed by atoms with Crippen molar-refractivity contribution in [3.05, 3.63) is 29.8 Å². The largest absolute Gasteiger partial charge is 0.493 e. The van der Waals surface area contributed by atoms with E-state index in [0.717, 1.165) is 44.4 Å². The van der Waals surface area contributed by atoms with Gasteiger partial charge in [0, 0.05) is 10.8 Å². The number of aliphatic hydroxyl groups is 1. The number of benzene rings is 1. The van der Waals surface area contributed by atoms with E-state index in [-0.39, 0.29) is 0 Å². The van der Waals surface area contributed by atoms with Crippen LogP contribution in [0.1, 0.15) is 81.4 Å². The number of ether oxygens (including phenoxy) is 2. The lowest BCUT2D eigenvalue weighted by molar-refractivity contribution is -0.193. The van der Waals surface area contributed by atoms with Gasteiger partial charge in [-0.15, -0.1) is 0 Å². The first kappa shape index (κ1) is 19.2. The van der Waals surface area contributed by atoms with Crippen molar-refractivity contribution in [3.63, 3.8) is 0 Å². The molecule has 5 heteroatoms. The van der Waals surface area contributed by atoms with Gasteiger partial charge in [-0.3, -0.25) is 0 Å². The molecule has 5 nitrogen and oxygen atoms in total. The minimum absolute atomic E-state index is 0.411. The standard InChI is InChI=1S/C24H37NO4/c1-21(2,3)24(22(4,5)27,29-20(25)26)18-6-8-19(9-7-18)28-16-23-13-10-17(11-14-23)12-15-23/h6-9,17,27H,10-16H2,1-5H3,(H2,25,26)/i16D2. The summed E-state index contributed by atoms with van der Waals surface area (Å²) in [6, 6.07) is 6.78. The molecule has 3 fully saturated rings. The monoisotopic (exact) mass is 405 g/mol. The molecule has 0 aromatic heterocycles. The maximum atomic E-state index is 11.8. The lowest BCUT2D eigenvalue weighted by Crippen LogP contribution is -2.59. The Morgan fingerprint density at radius 1 is 1.14 bits per heavy atom. The molecule has 29 heavy (non-hydrogen) atoms. The molecule has 0 spiro atoms. The van der Waals surface area contributed by atoms with Crippen LogP contribution in [0.2, 0.25) is 0 Å². The van der Waals surface area contributed by atoms with Gasteiger partial charge >= 0.3 is 6.09 Å². The molecule has 1 amide bonds. The summed E-state index contributed by atoms with van der Waals surface area (Å²) in [7, 11) is 0. The molecule has 1 atom stereocenters. The number of amides is 1. The molecular weight excluding hydrogens is 366 g/mol. The second-order valence-electron chi connectivity index (χ2n) is 10.4. The van der Waals surface area contributed by atoms with Crippen LogP contribution in [0.3, 0.4) is 0 Å². The van der Waals surface area contributed by atoms with Gasteiger partial charge < -0.3 is 20.3 Å². The van der Waals surface area contributed by atoms with E-state index in [0.29, 0.717) is 11.3 Å². The zero-order valence-electron chi connectivity index (χ0n) is 20.4. The topological polar surface area (TPSA) is 81.8 Å². The van der Waals surface area contributed by atoms with E-state index in [1.165, 1.54) is 0 Å². The number of hydrogen-bond acceptors (Lipinski definition) is 4. The average Bonchev–Trinajstić information content (AvgIpc) is 2.66. The van der Waals surface area contributed by atoms with Gasteiger partial charge in [-0.25, -0.2) is 4.79 Å². The van der Waals surface area contributed by atoms with Crippen LogP contribution in [-0.2, 0) is 10.3 Å². The molecule has 1 aromatic carbocycles. The van der Waals surface area contributed by atoms with Crippen LogP contribution < -0.4 is 10.5 Å². The fourth-order valence-corrected chi connectivity index (χ4v) is 5.52. The molecule has 3 aliphatic rings. The predicted octanol–water partition coefficient (Wildman–Crippen LogP) is 5.14. The molecule has 1 unspecified atom stereocenters. The first-order chi connectivity index (χ1) is 14.1. The van der Waals surface area contributed by atoms with Gasteiger partial charge in [-0.1, -0.05) is 32.9 Å². The Kier molecular flexibility index (Phi) is 4.97. The number of carbonyl (C=O) groups excluding carboxylic acids is 1. The van der Waals surface area contributed by atoms with Gasteiger partial charge in [0.2, 0.25) is 0 Å². The van der Waals surface area contributed by atoms with Gasteiger partial charge in [0.1, 0.15) is 11.4 Å². The summed E-state index contributed by atoms with van der Waals surface area (Å²) in [6.45, 7) is 7.02. The molecule has 162 valence electrons.